The van der Waals surface area contributed by atoms with Crippen molar-refractivity contribution in [3.8, 4) is 5.69 Å². The van der Waals surface area contributed by atoms with Crippen LogP contribution in [0, 0.1) is 0 Å². The van der Waals surface area contributed by atoms with Gasteiger partial charge < -0.3 is 10.6 Å². The highest BCUT2D eigenvalue weighted by Gasteiger charge is 2.17. The molecule has 2 aromatic carbocycles. The van der Waals surface area contributed by atoms with E-state index in [9.17, 15) is 9.59 Å². The maximum atomic E-state index is 12.4. The summed E-state index contributed by atoms with van der Waals surface area (Å²) in [4.78, 5) is 31.9. The third-order valence-electron chi connectivity index (χ3n) is 4.31. The van der Waals surface area contributed by atoms with E-state index in [-0.39, 0.29) is 17.4 Å². The summed E-state index contributed by atoms with van der Waals surface area (Å²) in [5.41, 5.74) is 1.24. The summed E-state index contributed by atoms with van der Waals surface area (Å²) in [7, 11) is 0. The molecule has 0 radical (unpaired) electrons. The summed E-state index contributed by atoms with van der Waals surface area (Å²) in [5.74, 6) is -0.106. The Kier molecular flexibility index (Phi) is 5.01. The van der Waals surface area contributed by atoms with Crippen LogP contribution in [0.25, 0.3) is 16.7 Å². The Hall–Kier alpha value is -3.65. The molecule has 146 valence electrons. The Bertz CT molecular complexity index is 1230. The minimum Gasteiger partial charge on any atom is -0.344 e. The summed E-state index contributed by atoms with van der Waals surface area (Å²) >= 11 is 6.26. The average molecular weight is 409 g/mol. The Morgan fingerprint density at radius 1 is 1.14 bits per heavy atom. The van der Waals surface area contributed by atoms with E-state index in [2.05, 4.69) is 25.7 Å². The van der Waals surface area contributed by atoms with Gasteiger partial charge in [0.15, 0.2) is 5.65 Å². The number of aromatic nitrogens is 4. The Balaban J connectivity index is 1.63. The molecular weight excluding hydrogens is 392 g/mol. The van der Waals surface area contributed by atoms with Crippen molar-refractivity contribution in [2.45, 2.75) is 13.0 Å². The smallest absolute Gasteiger partial charge is 0.263 e. The fourth-order valence-electron chi connectivity index (χ4n) is 2.83. The van der Waals surface area contributed by atoms with Gasteiger partial charge in [-0.3, -0.25) is 14.6 Å². The SMILES string of the molecule is CC(Nc1nc2c(cnn2-c2ccccc2Cl)c(=O)[nH]1)C(=O)Nc1ccccc1. The highest BCUT2D eigenvalue weighted by molar-refractivity contribution is 6.32. The third-order valence-corrected chi connectivity index (χ3v) is 4.63. The molecule has 29 heavy (non-hydrogen) atoms. The number of halogens is 1. The highest BCUT2D eigenvalue weighted by Crippen LogP contribution is 2.22. The molecular formula is C20H17ClN6O2. The van der Waals surface area contributed by atoms with E-state index in [1.54, 1.807) is 37.3 Å². The number of amides is 1. The van der Waals surface area contributed by atoms with Gasteiger partial charge in [0.2, 0.25) is 11.9 Å². The molecule has 8 nitrogen and oxygen atoms in total. The van der Waals surface area contributed by atoms with Gasteiger partial charge in [-0.25, -0.2) is 4.68 Å². The van der Waals surface area contributed by atoms with Crippen LogP contribution < -0.4 is 16.2 Å². The predicted octanol–water partition coefficient (Wildman–Crippen LogP) is 3.20. The lowest BCUT2D eigenvalue weighted by molar-refractivity contribution is -0.116. The molecule has 0 aliphatic rings. The molecule has 0 spiro atoms. The first kappa shape index (κ1) is 18.7. The third kappa shape index (κ3) is 3.83. The number of carbonyl (C=O) groups is 1. The van der Waals surface area contributed by atoms with Crippen molar-refractivity contribution in [2.24, 2.45) is 0 Å². The first-order valence-electron chi connectivity index (χ1n) is 8.88. The number of carbonyl (C=O) groups excluding carboxylic acids is 1. The number of hydrogen-bond donors (Lipinski definition) is 3. The van der Waals surface area contributed by atoms with Gasteiger partial charge in [0.25, 0.3) is 5.56 Å². The summed E-state index contributed by atoms with van der Waals surface area (Å²) in [5, 5.41) is 10.8. The molecule has 9 heteroatoms. The topological polar surface area (TPSA) is 105 Å². The molecule has 2 aromatic heterocycles. The fourth-order valence-corrected chi connectivity index (χ4v) is 3.05. The van der Waals surface area contributed by atoms with Crippen LogP contribution in [0.5, 0.6) is 0 Å². The second-order valence-corrected chi connectivity index (χ2v) is 6.79. The van der Waals surface area contributed by atoms with E-state index in [4.69, 9.17) is 11.6 Å². The monoisotopic (exact) mass is 408 g/mol. The van der Waals surface area contributed by atoms with E-state index in [1.165, 1.54) is 10.9 Å². The summed E-state index contributed by atoms with van der Waals surface area (Å²) < 4.78 is 1.49. The van der Waals surface area contributed by atoms with Gasteiger partial charge in [-0.15, -0.1) is 0 Å². The fraction of sp³-hybridized carbons (Fsp3) is 0.100. The Morgan fingerprint density at radius 3 is 2.62 bits per heavy atom. The first-order chi connectivity index (χ1) is 14.0. The van der Waals surface area contributed by atoms with Crippen LogP contribution >= 0.6 is 11.6 Å². The number of nitrogens with one attached hydrogen (secondary N) is 3. The summed E-state index contributed by atoms with van der Waals surface area (Å²) in [6.07, 6.45) is 1.43. The molecule has 3 N–H and O–H groups in total. The molecule has 0 bridgehead atoms. The molecule has 0 aliphatic carbocycles. The number of nitrogens with zero attached hydrogens (tertiary/aromatic N) is 3. The van der Waals surface area contributed by atoms with E-state index < -0.39 is 6.04 Å². The van der Waals surface area contributed by atoms with Crippen molar-refractivity contribution in [3.63, 3.8) is 0 Å². The maximum absolute atomic E-state index is 12.4. The summed E-state index contributed by atoms with van der Waals surface area (Å²) in [6.45, 7) is 1.67. The molecule has 0 fully saturated rings. The molecule has 4 rings (SSSR count). The highest BCUT2D eigenvalue weighted by atomic mass is 35.5. The van der Waals surface area contributed by atoms with Crippen LogP contribution in [0.15, 0.2) is 65.6 Å². The van der Waals surface area contributed by atoms with Crippen LogP contribution in [0.1, 0.15) is 6.92 Å². The predicted molar refractivity (Wildman–Crippen MR) is 113 cm³/mol. The van der Waals surface area contributed by atoms with Gasteiger partial charge in [0.1, 0.15) is 11.4 Å². The van der Waals surface area contributed by atoms with Crippen molar-refractivity contribution in [3.05, 3.63) is 76.2 Å². The zero-order valence-electron chi connectivity index (χ0n) is 15.4. The van der Waals surface area contributed by atoms with Gasteiger partial charge in [-0.2, -0.15) is 10.1 Å². The standard InChI is InChI=1S/C20H17ClN6O2/c1-12(18(28)24-13-7-3-2-4-8-13)23-20-25-17-14(19(29)26-20)11-22-27(17)16-10-6-5-9-15(16)21/h2-12H,1H3,(H,24,28)(H2,23,25,26,29). The molecule has 0 saturated carbocycles. The van der Waals surface area contributed by atoms with Crippen LogP contribution in [0.4, 0.5) is 11.6 Å². The van der Waals surface area contributed by atoms with Crippen molar-refractivity contribution < 1.29 is 4.79 Å². The van der Waals surface area contributed by atoms with Crippen LogP contribution in [-0.2, 0) is 4.79 Å². The van der Waals surface area contributed by atoms with Crippen molar-refractivity contribution in [1.82, 2.24) is 19.7 Å². The minimum atomic E-state index is -0.646. The van der Waals surface area contributed by atoms with E-state index >= 15 is 0 Å². The van der Waals surface area contributed by atoms with E-state index in [0.717, 1.165) is 0 Å². The number of hydrogen-bond acceptors (Lipinski definition) is 5. The minimum absolute atomic E-state index is 0.159. The molecule has 1 amide bonds. The van der Waals surface area contributed by atoms with Crippen LogP contribution in [0.3, 0.4) is 0 Å². The second kappa shape index (κ2) is 7.76. The molecule has 4 aromatic rings. The molecule has 0 aliphatic heterocycles. The second-order valence-electron chi connectivity index (χ2n) is 6.38. The Labute approximate surface area is 170 Å². The average Bonchev–Trinajstić information content (AvgIpc) is 3.13. The van der Waals surface area contributed by atoms with Crippen LogP contribution in [0.2, 0.25) is 5.02 Å². The normalized spacial score (nSPS) is 11.9. The number of para-hydroxylation sites is 2. The molecule has 1 atom stereocenters. The van der Waals surface area contributed by atoms with Crippen LogP contribution in [-0.4, -0.2) is 31.7 Å². The zero-order chi connectivity index (χ0) is 20.4. The number of fused-ring (bicyclic) bond motifs is 1. The number of H-pyrrole nitrogens is 1. The Morgan fingerprint density at radius 2 is 1.86 bits per heavy atom. The van der Waals surface area contributed by atoms with Gasteiger partial charge in [-0.1, -0.05) is 41.9 Å². The van der Waals surface area contributed by atoms with Gasteiger partial charge in [0, 0.05) is 5.69 Å². The van der Waals surface area contributed by atoms with Crippen molar-refractivity contribution in [1.29, 1.82) is 0 Å². The van der Waals surface area contributed by atoms with Gasteiger partial charge in [-0.05, 0) is 31.2 Å². The number of anilines is 2. The van der Waals surface area contributed by atoms with Gasteiger partial charge in [0.05, 0.1) is 16.9 Å². The van der Waals surface area contributed by atoms with Gasteiger partial charge >= 0.3 is 0 Å². The van der Waals surface area contributed by atoms with Crippen molar-refractivity contribution in [2.75, 3.05) is 10.6 Å². The van der Waals surface area contributed by atoms with E-state index in [1.807, 2.05) is 24.3 Å². The van der Waals surface area contributed by atoms with Crippen molar-refractivity contribution >= 4 is 40.2 Å². The quantitative estimate of drug-likeness (QED) is 0.470. The molecule has 2 heterocycles. The maximum Gasteiger partial charge on any atom is 0.263 e. The largest absolute Gasteiger partial charge is 0.344 e. The first-order valence-corrected chi connectivity index (χ1v) is 9.26. The lowest BCUT2D eigenvalue weighted by atomic mass is 10.2. The molecule has 1 unspecified atom stereocenters. The number of aromatic amines is 1. The molecule has 0 saturated heterocycles. The lowest BCUT2D eigenvalue weighted by Gasteiger charge is -2.14. The summed E-state index contributed by atoms with van der Waals surface area (Å²) in [6, 6.07) is 15.6. The zero-order valence-corrected chi connectivity index (χ0v) is 16.1. The number of benzene rings is 2. The van der Waals surface area contributed by atoms with E-state index in [0.29, 0.717) is 27.4 Å². The number of rotatable bonds is 5. The lowest BCUT2D eigenvalue weighted by Crippen LogP contribution is -2.33.